The number of nitrogens with two attached hydrogens (primary N) is 1. The van der Waals surface area contributed by atoms with Gasteiger partial charge < -0.3 is 10.3 Å². The topological polar surface area (TPSA) is 56.7 Å². The van der Waals surface area contributed by atoms with Crippen molar-refractivity contribution in [3.63, 3.8) is 0 Å². The molecule has 0 aliphatic carbocycles. The highest BCUT2D eigenvalue weighted by atomic mass is 15.2. The third-order valence-corrected chi connectivity index (χ3v) is 2.21. The van der Waals surface area contributed by atoms with Gasteiger partial charge in [-0.15, -0.1) is 0 Å². The zero-order valence-electron chi connectivity index (χ0n) is 9.36. The Morgan fingerprint density at radius 2 is 2.13 bits per heavy atom. The quantitative estimate of drug-likeness (QED) is 0.773. The van der Waals surface area contributed by atoms with E-state index in [1.165, 1.54) is 0 Å². The number of rotatable bonds is 1. The van der Waals surface area contributed by atoms with Gasteiger partial charge in [-0.05, 0) is 11.5 Å². The van der Waals surface area contributed by atoms with Gasteiger partial charge in [0.2, 0.25) is 5.95 Å². The van der Waals surface area contributed by atoms with E-state index in [-0.39, 0.29) is 5.41 Å². The van der Waals surface area contributed by atoms with E-state index in [0.29, 0.717) is 5.95 Å². The molecule has 2 aromatic rings. The van der Waals surface area contributed by atoms with Crippen molar-refractivity contribution in [3.05, 3.63) is 18.5 Å². The summed E-state index contributed by atoms with van der Waals surface area (Å²) in [7, 11) is 0. The largest absolute Gasteiger partial charge is 0.369 e. The van der Waals surface area contributed by atoms with E-state index < -0.39 is 0 Å². The Hall–Kier alpha value is -1.58. The standard InChI is InChI=1S/C11H16N4/c1-11(2,3)7-15-9-4-5-13-6-8(9)14-10(15)12/h4-6H,7H2,1-3H3,(H2,12,14). The number of imidazole rings is 1. The third-order valence-electron chi connectivity index (χ3n) is 2.21. The first-order chi connectivity index (χ1) is 6.97. The molecule has 0 bridgehead atoms. The highest BCUT2D eigenvalue weighted by Gasteiger charge is 2.15. The maximum absolute atomic E-state index is 5.88. The van der Waals surface area contributed by atoms with Crippen LogP contribution in [0.1, 0.15) is 20.8 Å². The Labute approximate surface area is 89.1 Å². The fourth-order valence-electron chi connectivity index (χ4n) is 1.64. The number of pyridine rings is 1. The molecule has 0 aromatic carbocycles. The van der Waals surface area contributed by atoms with Crippen molar-refractivity contribution < 1.29 is 0 Å². The minimum atomic E-state index is 0.186. The highest BCUT2D eigenvalue weighted by molar-refractivity contribution is 5.77. The van der Waals surface area contributed by atoms with Crippen LogP contribution in [0.25, 0.3) is 11.0 Å². The number of hydrogen-bond donors (Lipinski definition) is 1. The number of fused-ring (bicyclic) bond motifs is 1. The molecule has 2 rings (SSSR count). The molecule has 0 radical (unpaired) electrons. The van der Waals surface area contributed by atoms with Gasteiger partial charge in [0, 0.05) is 12.7 Å². The second-order valence-corrected chi connectivity index (χ2v) is 4.98. The zero-order valence-corrected chi connectivity index (χ0v) is 9.36. The Kier molecular flexibility index (Phi) is 2.14. The molecule has 2 heterocycles. The molecule has 0 atom stereocenters. The van der Waals surface area contributed by atoms with Gasteiger partial charge in [-0.25, -0.2) is 4.98 Å². The molecular weight excluding hydrogens is 188 g/mol. The van der Waals surface area contributed by atoms with Crippen molar-refractivity contribution in [3.8, 4) is 0 Å². The Morgan fingerprint density at radius 1 is 1.40 bits per heavy atom. The van der Waals surface area contributed by atoms with Crippen LogP contribution in [0.2, 0.25) is 0 Å². The molecule has 4 heteroatoms. The van der Waals surface area contributed by atoms with Gasteiger partial charge in [0.15, 0.2) is 0 Å². The smallest absolute Gasteiger partial charge is 0.201 e. The van der Waals surface area contributed by atoms with Gasteiger partial charge >= 0.3 is 0 Å². The van der Waals surface area contributed by atoms with Crippen molar-refractivity contribution in [2.75, 3.05) is 5.73 Å². The number of anilines is 1. The molecule has 0 unspecified atom stereocenters. The van der Waals surface area contributed by atoms with Gasteiger partial charge in [0.25, 0.3) is 0 Å². The summed E-state index contributed by atoms with van der Waals surface area (Å²) in [5.74, 6) is 0.563. The first kappa shape index (κ1) is 9.96. The predicted octanol–water partition coefficient (Wildman–Crippen LogP) is 2.06. The van der Waals surface area contributed by atoms with Gasteiger partial charge in [0.1, 0.15) is 5.52 Å². The van der Waals surface area contributed by atoms with Crippen LogP contribution in [0.4, 0.5) is 5.95 Å². The lowest BCUT2D eigenvalue weighted by atomic mass is 9.97. The van der Waals surface area contributed by atoms with E-state index in [4.69, 9.17) is 5.73 Å². The number of aromatic nitrogens is 3. The first-order valence-electron chi connectivity index (χ1n) is 5.03. The van der Waals surface area contributed by atoms with Crippen molar-refractivity contribution in [1.29, 1.82) is 0 Å². The van der Waals surface area contributed by atoms with Crippen molar-refractivity contribution >= 4 is 17.0 Å². The average Bonchev–Trinajstić information content (AvgIpc) is 2.41. The fourth-order valence-corrected chi connectivity index (χ4v) is 1.64. The monoisotopic (exact) mass is 204 g/mol. The van der Waals surface area contributed by atoms with Crippen LogP contribution in [0.5, 0.6) is 0 Å². The zero-order chi connectivity index (χ0) is 11.1. The number of nitrogen functional groups attached to an aromatic ring is 1. The van der Waals surface area contributed by atoms with Crippen LogP contribution in [0.3, 0.4) is 0 Å². The molecule has 0 aliphatic heterocycles. The third kappa shape index (κ3) is 1.93. The van der Waals surface area contributed by atoms with E-state index in [9.17, 15) is 0 Å². The van der Waals surface area contributed by atoms with E-state index in [0.717, 1.165) is 17.6 Å². The molecule has 0 spiro atoms. The Balaban J connectivity index is 2.54. The second-order valence-electron chi connectivity index (χ2n) is 4.98. The first-order valence-corrected chi connectivity index (χ1v) is 5.03. The summed E-state index contributed by atoms with van der Waals surface area (Å²) in [4.78, 5) is 8.31. The van der Waals surface area contributed by atoms with Gasteiger partial charge in [-0.3, -0.25) is 4.98 Å². The van der Waals surface area contributed by atoms with E-state index in [1.54, 1.807) is 12.4 Å². The highest BCUT2D eigenvalue weighted by Crippen LogP contribution is 2.23. The van der Waals surface area contributed by atoms with E-state index in [1.807, 2.05) is 10.6 Å². The number of nitrogens with zero attached hydrogens (tertiary/aromatic N) is 3. The van der Waals surface area contributed by atoms with Crippen LogP contribution in [0, 0.1) is 5.41 Å². The van der Waals surface area contributed by atoms with Crippen molar-refractivity contribution in [1.82, 2.24) is 14.5 Å². The average molecular weight is 204 g/mol. The van der Waals surface area contributed by atoms with Crippen LogP contribution in [-0.4, -0.2) is 14.5 Å². The van der Waals surface area contributed by atoms with Crippen molar-refractivity contribution in [2.45, 2.75) is 27.3 Å². The summed E-state index contributed by atoms with van der Waals surface area (Å²) in [5.41, 5.74) is 7.98. The molecule has 2 aromatic heterocycles. The summed E-state index contributed by atoms with van der Waals surface area (Å²) in [5, 5.41) is 0. The minimum Gasteiger partial charge on any atom is -0.369 e. The second kappa shape index (κ2) is 3.22. The van der Waals surface area contributed by atoms with Gasteiger partial charge in [-0.2, -0.15) is 0 Å². The summed E-state index contributed by atoms with van der Waals surface area (Å²) in [6.45, 7) is 7.40. The normalized spacial score (nSPS) is 12.2. The van der Waals surface area contributed by atoms with Gasteiger partial charge in [0.05, 0.1) is 11.7 Å². The Morgan fingerprint density at radius 3 is 2.80 bits per heavy atom. The molecule has 0 saturated carbocycles. The SMILES string of the molecule is CC(C)(C)Cn1c(N)nc2cnccc21. The minimum absolute atomic E-state index is 0.186. The lowest BCUT2D eigenvalue weighted by molar-refractivity contribution is 0.351. The van der Waals surface area contributed by atoms with Crippen molar-refractivity contribution in [2.24, 2.45) is 5.41 Å². The molecule has 15 heavy (non-hydrogen) atoms. The van der Waals surface area contributed by atoms with Crippen LogP contribution >= 0.6 is 0 Å². The van der Waals surface area contributed by atoms with E-state index in [2.05, 4.69) is 30.7 Å². The lowest BCUT2D eigenvalue weighted by Gasteiger charge is -2.20. The Bertz CT molecular complexity index is 479. The van der Waals surface area contributed by atoms with Crippen LogP contribution < -0.4 is 5.73 Å². The lowest BCUT2D eigenvalue weighted by Crippen LogP contribution is -2.17. The van der Waals surface area contributed by atoms with Crippen LogP contribution in [-0.2, 0) is 6.54 Å². The maximum Gasteiger partial charge on any atom is 0.201 e. The maximum atomic E-state index is 5.88. The molecular formula is C11H16N4. The van der Waals surface area contributed by atoms with Crippen LogP contribution in [0.15, 0.2) is 18.5 Å². The molecule has 0 saturated heterocycles. The molecule has 0 aliphatic rings. The van der Waals surface area contributed by atoms with Gasteiger partial charge in [-0.1, -0.05) is 20.8 Å². The summed E-state index contributed by atoms with van der Waals surface area (Å²) in [6.07, 6.45) is 3.51. The molecule has 2 N–H and O–H groups in total. The molecule has 0 amide bonds. The summed E-state index contributed by atoms with van der Waals surface area (Å²) in [6, 6.07) is 1.95. The molecule has 4 nitrogen and oxygen atoms in total. The summed E-state index contributed by atoms with van der Waals surface area (Å²) >= 11 is 0. The number of hydrogen-bond acceptors (Lipinski definition) is 3. The predicted molar refractivity (Wildman–Crippen MR) is 61.4 cm³/mol. The summed E-state index contributed by atoms with van der Waals surface area (Å²) < 4.78 is 2.04. The molecule has 80 valence electrons. The molecule has 0 fully saturated rings. The fraction of sp³-hybridized carbons (Fsp3) is 0.455. The van der Waals surface area contributed by atoms with E-state index >= 15 is 0 Å².